The predicted molar refractivity (Wildman–Crippen MR) is 85.7 cm³/mol. The van der Waals surface area contributed by atoms with Crippen LogP contribution in [0.4, 0.5) is 5.82 Å². The van der Waals surface area contributed by atoms with E-state index in [2.05, 4.69) is 31.4 Å². The monoisotopic (exact) mass is 356 g/mol. The highest BCUT2D eigenvalue weighted by Crippen LogP contribution is 2.30. The van der Waals surface area contributed by atoms with Gasteiger partial charge in [0.05, 0.1) is 20.4 Å². The Balaban J connectivity index is 2.05. The first-order valence-corrected chi connectivity index (χ1v) is 7.99. The van der Waals surface area contributed by atoms with E-state index in [0.717, 1.165) is 20.8 Å². The van der Waals surface area contributed by atoms with Crippen molar-refractivity contribution in [2.24, 2.45) is 11.7 Å². The van der Waals surface area contributed by atoms with E-state index >= 15 is 0 Å². The Hall–Kier alpha value is -1.18. The first kappa shape index (κ1) is 15.2. The summed E-state index contributed by atoms with van der Waals surface area (Å²) in [6, 6.07) is 5.24. The van der Waals surface area contributed by atoms with Crippen LogP contribution in [-0.2, 0) is 4.79 Å². The van der Waals surface area contributed by atoms with Crippen LogP contribution in [0.3, 0.4) is 0 Å². The number of rotatable bonds is 5. The third-order valence-electron chi connectivity index (χ3n) is 3.23. The number of hydrogen-bond acceptors (Lipinski definition) is 4. The minimum Gasteiger partial charge on any atom is -0.320 e. The summed E-state index contributed by atoms with van der Waals surface area (Å²) in [7, 11) is 0. The number of halogens is 1. The van der Waals surface area contributed by atoms with E-state index < -0.39 is 6.04 Å². The van der Waals surface area contributed by atoms with Crippen LogP contribution in [0.5, 0.6) is 0 Å². The number of aromatic nitrogens is 2. The van der Waals surface area contributed by atoms with E-state index in [1.54, 1.807) is 17.4 Å². The van der Waals surface area contributed by atoms with E-state index in [9.17, 15) is 4.79 Å². The quantitative estimate of drug-likeness (QED) is 0.768. The Morgan fingerprint density at radius 1 is 1.60 bits per heavy atom. The van der Waals surface area contributed by atoms with E-state index in [1.165, 1.54) is 0 Å². The molecule has 2 atom stereocenters. The third-order valence-corrected chi connectivity index (χ3v) is 4.88. The molecule has 0 saturated heterocycles. The van der Waals surface area contributed by atoms with E-state index in [1.807, 2.05) is 26.0 Å². The summed E-state index contributed by atoms with van der Waals surface area (Å²) in [5, 5.41) is 9.74. The van der Waals surface area contributed by atoms with Gasteiger partial charge in [0.25, 0.3) is 0 Å². The SMILES string of the molecule is CCC(C)C(N)C(=O)Nc1cc(-c2ccc(Br)s2)[nH]n1. The number of nitrogens with one attached hydrogen (secondary N) is 2. The molecule has 0 fully saturated rings. The molecular weight excluding hydrogens is 340 g/mol. The molecule has 4 N–H and O–H groups in total. The second-order valence-corrected chi connectivity index (χ2v) is 7.13. The zero-order valence-electron chi connectivity index (χ0n) is 11.3. The van der Waals surface area contributed by atoms with Gasteiger partial charge in [0.1, 0.15) is 0 Å². The molecule has 2 unspecified atom stereocenters. The van der Waals surface area contributed by atoms with Crippen molar-refractivity contribution in [1.82, 2.24) is 10.2 Å². The maximum Gasteiger partial charge on any atom is 0.242 e. The van der Waals surface area contributed by atoms with Crippen molar-refractivity contribution in [1.29, 1.82) is 0 Å². The number of amides is 1. The van der Waals surface area contributed by atoms with Crippen molar-refractivity contribution in [2.45, 2.75) is 26.3 Å². The molecular formula is C13H17BrN4OS. The van der Waals surface area contributed by atoms with Gasteiger partial charge < -0.3 is 11.1 Å². The van der Waals surface area contributed by atoms with Crippen LogP contribution in [0.1, 0.15) is 20.3 Å². The Labute approximate surface area is 130 Å². The average Bonchev–Trinajstić information content (AvgIpc) is 3.05. The topological polar surface area (TPSA) is 83.8 Å². The van der Waals surface area contributed by atoms with Gasteiger partial charge in [-0.05, 0) is 34.0 Å². The van der Waals surface area contributed by atoms with Gasteiger partial charge in [0.2, 0.25) is 5.91 Å². The average molecular weight is 357 g/mol. The maximum absolute atomic E-state index is 12.0. The van der Waals surface area contributed by atoms with E-state index in [4.69, 9.17) is 5.73 Å². The zero-order valence-corrected chi connectivity index (χ0v) is 13.7. The summed E-state index contributed by atoms with van der Waals surface area (Å²) in [6.07, 6.45) is 0.865. The highest BCUT2D eigenvalue weighted by molar-refractivity contribution is 9.11. The highest BCUT2D eigenvalue weighted by atomic mass is 79.9. The van der Waals surface area contributed by atoms with Gasteiger partial charge in [-0.3, -0.25) is 9.89 Å². The van der Waals surface area contributed by atoms with Crippen LogP contribution in [-0.4, -0.2) is 22.1 Å². The maximum atomic E-state index is 12.0. The molecule has 108 valence electrons. The molecule has 2 rings (SSSR count). The lowest BCUT2D eigenvalue weighted by atomic mass is 9.99. The van der Waals surface area contributed by atoms with Crippen LogP contribution in [0.2, 0.25) is 0 Å². The molecule has 0 bridgehead atoms. The van der Waals surface area contributed by atoms with Crippen LogP contribution in [0.25, 0.3) is 10.6 Å². The van der Waals surface area contributed by atoms with Gasteiger partial charge in [-0.1, -0.05) is 20.3 Å². The number of anilines is 1. The first-order chi connectivity index (χ1) is 9.51. The number of carbonyl (C=O) groups excluding carboxylic acids is 1. The van der Waals surface area contributed by atoms with Crippen LogP contribution < -0.4 is 11.1 Å². The lowest BCUT2D eigenvalue weighted by molar-refractivity contribution is -0.118. The van der Waals surface area contributed by atoms with Crippen molar-refractivity contribution in [3.63, 3.8) is 0 Å². The molecule has 0 aliphatic carbocycles. The molecule has 0 aromatic carbocycles. The smallest absolute Gasteiger partial charge is 0.242 e. The molecule has 0 spiro atoms. The minimum absolute atomic E-state index is 0.140. The summed E-state index contributed by atoms with van der Waals surface area (Å²) in [5.74, 6) is 0.430. The second-order valence-electron chi connectivity index (χ2n) is 4.67. The van der Waals surface area contributed by atoms with Crippen LogP contribution in [0, 0.1) is 5.92 Å². The number of hydrogen-bond donors (Lipinski definition) is 3. The molecule has 1 amide bonds. The molecule has 0 aliphatic rings. The fraction of sp³-hybridized carbons (Fsp3) is 0.385. The normalized spacial score (nSPS) is 14.0. The minimum atomic E-state index is -0.518. The molecule has 0 radical (unpaired) electrons. The first-order valence-electron chi connectivity index (χ1n) is 6.38. The second kappa shape index (κ2) is 6.51. The molecule has 0 aliphatic heterocycles. The number of nitrogens with zero attached hydrogens (tertiary/aromatic N) is 1. The van der Waals surface area contributed by atoms with Gasteiger partial charge in [-0.2, -0.15) is 5.10 Å². The lowest BCUT2D eigenvalue weighted by Gasteiger charge is -2.16. The number of H-pyrrole nitrogens is 1. The highest BCUT2D eigenvalue weighted by Gasteiger charge is 2.20. The number of nitrogens with two attached hydrogens (primary N) is 1. The number of aromatic amines is 1. The third kappa shape index (κ3) is 3.47. The van der Waals surface area contributed by atoms with Gasteiger partial charge in [0, 0.05) is 6.07 Å². The fourth-order valence-electron chi connectivity index (χ4n) is 1.69. The Kier molecular flexibility index (Phi) is 4.95. The van der Waals surface area contributed by atoms with Crippen molar-refractivity contribution < 1.29 is 4.79 Å². The van der Waals surface area contributed by atoms with Crippen LogP contribution in [0.15, 0.2) is 22.0 Å². The molecule has 20 heavy (non-hydrogen) atoms. The van der Waals surface area contributed by atoms with E-state index in [0.29, 0.717) is 5.82 Å². The number of thiophene rings is 1. The predicted octanol–water partition coefficient (Wildman–Crippen LogP) is 3.21. The van der Waals surface area contributed by atoms with Crippen molar-refractivity contribution in [3.05, 3.63) is 22.0 Å². The van der Waals surface area contributed by atoms with Gasteiger partial charge in [-0.15, -0.1) is 11.3 Å². The molecule has 7 heteroatoms. The summed E-state index contributed by atoms with van der Waals surface area (Å²) in [5.41, 5.74) is 6.75. The molecule has 2 aromatic heterocycles. The summed E-state index contributed by atoms with van der Waals surface area (Å²) in [6.45, 7) is 3.97. The Bertz CT molecular complexity index is 595. The largest absolute Gasteiger partial charge is 0.320 e. The molecule has 2 heterocycles. The zero-order chi connectivity index (χ0) is 14.7. The van der Waals surface area contributed by atoms with Gasteiger partial charge >= 0.3 is 0 Å². The summed E-state index contributed by atoms with van der Waals surface area (Å²) < 4.78 is 1.05. The molecule has 2 aromatic rings. The Morgan fingerprint density at radius 2 is 2.35 bits per heavy atom. The van der Waals surface area contributed by atoms with E-state index in [-0.39, 0.29) is 11.8 Å². The van der Waals surface area contributed by atoms with Gasteiger partial charge in [-0.25, -0.2) is 0 Å². The van der Waals surface area contributed by atoms with Crippen molar-refractivity contribution >= 4 is 39.0 Å². The van der Waals surface area contributed by atoms with Gasteiger partial charge in [0.15, 0.2) is 5.82 Å². The standard InChI is InChI=1S/C13H17BrN4OS/c1-3-7(2)12(15)13(19)16-11-6-8(17-18-11)9-4-5-10(14)20-9/h4-7,12H,3,15H2,1-2H3,(H2,16,17,18,19). The van der Waals surface area contributed by atoms with Crippen molar-refractivity contribution in [3.8, 4) is 10.6 Å². The summed E-state index contributed by atoms with van der Waals surface area (Å²) in [4.78, 5) is 13.0. The van der Waals surface area contributed by atoms with Crippen LogP contribution >= 0.6 is 27.3 Å². The van der Waals surface area contributed by atoms with Crippen molar-refractivity contribution in [2.75, 3.05) is 5.32 Å². The number of carbonyl (C=O) groups is 1. The fourth-order valence-corrected chi connectivity index (χ4v) is 3.05. The molecule has 0 saturated carbocycles. The Morgan fingerprint density at radius 3 is 2.95 bits per heavy atom. The lowest BCUT2D eigenvalue weighted by Crippen LogP contribution is -2.40. The summed E-state index contributed by atoms with van der Waals surface area (Å²) >= 11 is 5.01. The molecule has 5 nitrogen and oxygen atoms in total.